The van der Waals surface area contributed by atoms with E-state index in [4.69, 9.17) is 13.9 Å². The number of aromatic nitrogens is 5. The third-order valence-corrected chi connectivity index (χ3v) is 8.35. The Balaban J connectivity index is 1.13. The fraction of sp³-hybridized carbons (Fsp3) is 0.353. The molecule has 6 rings (SSSR count). The highest BCUT2D eigenvalue weighted by atomic mass is 16.5. The lowest BCUT2D eigenvalue weighted by atomic mass is 10.1. The molecule has 1 amide bonds. The molecule has 15 nitrogen and oxygen atoms in total. The fourth-order valence-electron chi connectivity index (χ4n) is 5.88. The summed E-state index contributed by atoms with van der Waals surface area (Å²) < 4.78 is 20.1. The largest absolute Gasteiger partial charge is 0.490 e. The molecule has 1 saturated heterocycles. The quantitative estimate of drug-likeness (QED) is 0.155. The maximum absolute atomic E-state index is 13.6. The Morgan fingerprint density at radius 1 is 1.12 bits per heavy atom. The van der Waals surface area contributed by atoms with Gasteiger partial charge in [-0.15, -0.1) is 5.10 Å². The molecule has 49 heavy (non-hydrogen) atoms. The molecule has 1 aliphatic heterocycles. The van der Waals surface area contributed by atoms with Crippen molar-refractivity contribution in [3.05, 3.63) is 121 Å². The van der Waals surface area contributed by atoms with Crippen LogP contribution in [0.2, 0.25) is 0 Å². The first-order chi connectivity index (χ1) is 23.7. The normalized spacial score (nSPS) is 17.4. The number of fused-ring (bicyclic) bond motifs is 1. The molecule has 3 atom stereocenters. The minimum atomic E-state index is -0.721. The van der Waals surface area contributed by atoms with Crippen molar-refractivity contribution < 1.29 is 23.8 Å². The standard InChI is InChI=1S/C34H37N7O8/c1-3-47-27-11-7-10-23-12-24(33(45)49-31(23)27)18-39(17-22-8-5-4-6-9-22)29(43)15-35-14-25-19-41(38-37-25)26-13-30(48-28(26)20-42)40-16-21(2)32(44)36-34(40)46/h4-12,16,19,26,28,30,35,42H,3,13-15,17-18,20H2,1-2H3,(H,36,44,46)/t26-,28+,30+/m0/s1. The number of carbonyl (C=O) groups is 1. The van der Waals surface area contributed by atoms with Crippen LogP contribution in [0.3, 0.4) is 0 Å². The van der Waals surface area contributed by atoms with Crippen molar-refractivity contribution in [1.82, 2.24) is 34.8 Å². The lowest BCUT2D eigenvalue weighted by Crippen LogP contribution is -2.38. The topological polar surface area (TPSA) is 187 Å². The van der Waals surface area contributed by atoms with Crippen LogP contribution in [0.5, 0.6) is 5.75 Å². The Bertz CT molecular complexity index is 2110. The average molecular weight is 672 g/mol. The fourth-order valence-corrected chi connectivity index (χ4v) is 5.88. The van der Waals surface area contributed by atoms with Gasteiger partial charge >= 0.3 is 11.3 Å². The first-order valence-electron chi connectivity index (χ1n) is 15.9. The highest BCUT2D eigenvalue weighted by Gasteiger charge is 2.38. The number of aromatic amines is 1. The average Bonchev–Trinajstić information content (AvgIpc) is 3.74. The first-order valence-corrected chi connectivity index (χ1v) is 15.9. The van der Waals surface area contributed by atoms with Gasteiger partial charge in [0.1, 0.15) is 12.3 Å². The predicted octanol–water partition coefficient (Wildman–Crippen LogP) is 1.78. The summed E-state index contributed by atoms with van der Waals surface area (Å²) in [5.74, 6) is 0.237. The minimum absolute atomic E-state index is 0.0338. The van der Waals surface area contributed by atoms with Crippen molar-refractivity contribution in [3.8, 4) is 5.75 Å². The van der Waals surface area contributed by atoms with Crippen LogP contribution in [-0.2, 0) is 29.2 Å². The van der Waals surface area contributed by atoms with Crippen LogP contribution < -0.4 is 26.9 Å². The summed E-state index contributed by atoms with van der Waals surface area (Å²) in [7, 11) is 0. The number of H-pyrrole nitrogens is 1. The molecule has 2 aromatic carbocycles. The van der Waals surface area contributed by atoms with Crippen molar-refractivity contribution in [2.24, 2.45) is 0 Å². The molecule has 1 fully saturated rings. The summed E-state index contributed by atoms with van der Waals surface area (Å²) in [6, 6.07) is 16.2. The first kappa shape index (κ1) is 33.5. The van der Waals surface area contributed by atoms with E-state index in [2.05, 4.69) is 20.6 Å². The van der Waals surface area contributed by atoms with Crippen LogP contribution in [0.25, 0.3) is 11.0 Å². The molecule has 256 valence electrons. The number of hydrogen-bond donors (Lipinski definition) is 3. The number of para-hydroxylation sites is 1. The van der Waals surface area contributed by atoms with Gasteiger partial charge in [-0.05, 0) is 31.5 Å². The van der Waals surface area contributed by atoms with E-state index in [0.717, 1.165) is 5.56 Å². The third kappa shape index (κ3) is 7.53. The number of nitrogens with zero attached hydrogens (tertiary/aromatic N) is 5. The van der Waals surface area contributed by atoms with E-state index in [0.29, 0.717) is 46.6 Å². The lowest BCUT2D eigenvalue weighted by molar-refractivity contribution is -0.131. The third-order valence-electron chi connectivity index (χ3n) is 8.35. The van der Waals surface area contributed by atoms with Crippen LogP contribution in [0, 0.1) is 6.92 Å². The molecule has 0 bridgehead atoms. The van der Waals surface area contributed by atoms with Crippen molar-refractivity contribution >= 4 is 16.9 Å². The summed E-state index contributed by atoms with van der Waals surface area (Å²) in [5.41, 5.74) is 0.870. The smallest absolute Gasteiger partial charge is 0.341 e. The predicted molar refractivity (Wildman–Crippen MR) is 177 cm³/mol. The molecule has 0 saturated carbocycles. The monoisotopic (exact) mass is 671 g/mol. The minimum Gasteiger partial charge on any atom is -0.490 e. The number of benzene rings is 2. The summed E-state index contributed by atoms with van der Waals surface area (Å²) in [6.07, 6.45) is 2.03. The lowest BCUT2D eigenvalue weighted by Gasteiger charge is -2.23. The number of nitrogens with one attached hydrogen (secondary N) is 2. The highest BCUT2D eigenvalue weighted by Crippen LogP contribution is 2.35. The summed E-state index contributed by atoms with van der Waals surface area (Å²) in [5, 5.41) is 22.2. The van der Waals surface area contributed by atoms with Gasteiger partial charge < -0.3 is 29.2 Å². The van der Waals surface area contributed by atoms with Crippen molar-refractivity contribution in [3.63, 3.8) is 0 Å². The second-order valence-corrected chi connectivity index (χ2v) is 11.8. The second-order valence-electron chi connectivity index (χ2n) is 11.8. The number of ether oxygens (including phenoxy) is 2. The molecule has 3 N–H and O–H groups in total. The zero-order valence-electron chi connectivity index (χ0n) is 27.1. The van der Waals surface area contributed by atoms with E-state index in [1.54, 1.807) is 34.8 Å². The molecule has 0 unspecified atom stereocenters. The second kappa shape index (κ2) is 14.8. The maximum Gasteiger partial charge on any atom is 0.341 e. The Hall–Kier alpha value is -5.38. The number of amides is 1. The number of aliphatic hydroxyl groups is 1. The number of hydrogen-bond acceptors (Lipinski definition) is 11. The molecule has 0 spiro atoms. The van der Waals surface area contributed by atoms with E-state index in [-0.39, 0.29) is 38.7 Å². The van der Waals surface area contributed by atoms with Crippen LogP contribution in [0.1, 0.15) is 48.0 Å². The number of carbonyl (C=O) groups excluding carboxylic acids is 1. The van der Waals surface area contributed by atoms with Crippen molar-refractivity contribution in [2.75, 3.05) is 19.8 Å². The molecular weight excluding hydrogens is 634 g/mol. The van der Waals surface area contributed by atoms with Gasteiger partial charge in [-0.25, -0.2) is 14.3 Å². The molecule has 5 aromatic rings. The maximum atomic E-state index is 13.6. The number of rotatable bonds is 13. The highest BCUT2D eigenvalue weighted by molar-refractivity contribution is 5.83. The molecule has 3 aromatic heterocycles. The summed E-state index contributed by atoms with van der Waals surface area (Å²) in [4.78, 5) is 54.7. The summed E-state index contributed by atoms with van der Waals surface area (Å²) >= 11 is 0. The van der Waals surface area contributed by atoms with E-state index in [9.17, 15) is 24.3 Å². The van der Waals surface area contributed by atoms with Gasteiger partial charge in [-0.1, -0.05) is 47.7 Å². The van der Waals surface area contributed by atoms with Crippen molar-refractivity contribution in [2.45, 2.75) is 58.3 Å². The zero-order chi connectivity index (χ0) is 34.5. The molecule has 0 radical (unpaired) electrons. The Morgan fingerprint density at radius 3 is 2.71 bits per heavy atom. The molecule has 15 heteroatoms. The summed E-state index contributed by atoms with van der Waals surface area (Å²) in [6.45, 7) is 4.02. The number of aliphatic hydroxyl groups excluding tert-OH is 1. The van der Waals surface area contributed by atoms with Gasteiger partial charge in [0.15, 0.2) is 11.3 Å². The Kier molecular flexibility index (Phi) is 10.1. The van der Waals surface area contributed by atoms with Crippen LogP contribution >= 0.6 is 0 Å². The van der Waals surface area contributed by atoms with Crippen LogP contribution in [-0.4, -0.2) is 66.3 Å². The van der Waals surface area contributed by atoms with E-state index >= 15 is 0 Å². The van der Waals surface area contributed by atoms with Crippen molar-refractivity contribution in [1.29, 1.82) is 0 Å². The zero-order valence-corrected chi connectivity index (χ0v) is 27.1. The van der Waals surface area contributed by atoms with Gasteiger partial charge in [0.25, 0.3) is 5.56 Å². The molecule has 1 aliphatic rings. The van der Waals surface area contributed by atoms with Crippen LogP contribution in [0.4, 0.5) is 0 Å². The Morgan fingerprint density at radius 2 is 1.94 bits per heavy atom. The van der Waals surface area contributed by atoms with Crippen LogP contribution in [0.15, 0.2) is 85.8 Å². The van der Waals surface area contributed by atoms with E-state index in [1.807, 2.05) is 49.4 Å². The Labute approximate surface area is 279 Å². The molecular formula is C34H37N7O8. The van der Waals surface area contributed by atoms with Gasteiger partial charge in [0.2, 0.25) is 5.91 Å². The molecule has 4 heterocycles. The van der Waals surface area contributed by atoms with Gasteiger partial charge in [-0.3, -0.25) is 19.1 Å². The number of aryl methyl sites for hydroxylation is 1. The molecule has 0 aliphatic carbocycles. The van der Waals surface area contributed by atoms with Gasteiger partial charge in [0.05, 0.1) is 49.8 Å². The SMILES string of the molecule is CCOc1cccc2cc(CN(Cc3ccccc3)C(=O)CNCc3cn([C@H]4C[C@H](n5cc(C)c(=O)[nH]c5=O)O[C@@H]4CO)nn3)c(=O)oc12. The van der Waals surface area contributed by atoms with Gasteiger partial charge in [-0.2, -0.15) is 0 Å². The van der Waals surface area contributed by atoms with E-state index < -0.39 is 35.2 Å². The van der Waals surface area contributed by atoms with Gasteiger partial charge in [0, 0.05) is 36.7 Å². The van der Waals surface area contributed by atoms with E-state index in [1.165, 1.54) is 10.8 Å².